The van der Waals surface area contributed by atoms with Crippen molar-refractivity contribution in [2.75, 3.05) is 26.6 Å². The van der Waals surface area contributed by atoms with Crippen molar-refractivity contribution in [1.29, 1.82) is 0 Å². The van der Waals surface area contributed by atoms with Gasteiger partial charge < -0.3 is 24.1 Å². The smallest absolute Gasteiger partial charge is 0.277 e. The van der Waals surface area contributed by atoms with Crippen molar-refractivity contribution in [3.8, 4) is 28.6 Å². The molecule has 2 aromatic carbocycles. The molecule has 1 aromatic heterocycles. The lowest BCUT2D eigenvalue weighted by molar-refractivity contribution is 0.101. The van der Waals surface area contributed by atoms with E-state index in [-0.39, 0.29) is 11.5 Å². The van der Waals surface area contributed by atoms with Gasteiger partial charge in [0.1, 0.15) is 5.82 Å². The number of hydrogen-bond donors (Lipinski definition) is 1. The van der Waals surface area contributed by atoms with Crippen LogP contribution in [0.3, 0.4) is 0 Å². The molecule has 27 heavy (non-hydrogen) atoms. The van der Waals surface area contributed by atoms with E-state index >= 15 is 0 Å². The van der Waals surface area contributed by atoms with Crippen molar-refractivity contribution in [2.45, 2.75) is 0 Å². The minimum absolute atomic E-state index is 0.0723. The SMILES string of the molecule is COc1cc(NC(=O)c2cc(-c3ccc(F)cc3)on2)cc(OC)c1OC. The largest absolute Gasteiger partial charge is 0.493 e. The van der Waals surface area contributed by atoms with Crippen LogP contribution in [-0.4, -0.2) is 32.4 Å². The van der Waals surface area contributed by atoms with Crippen molar-refractivity contribution in [1.82, 2.24) is 5.16 Å². The zero-order chi connectivity index (χ0) is 19.4. The molecule has 140 valence electrons. The van der Waals surface area contributed by atoms with Gasteiger partial charge in [0.2, 0.25) is 5.75 Å². The van der Waals surface area contributed by atoms with Crippen LogP contribution in [-0.2, 0) is 0 Å². The van der Waals surface area contributed by atoms with Crippen molar-refractivity contribution >= 4 is 11.6 Å². The number of nitrogens with zero attached hydrogens (tertiary/aromatic N) is 1. The van der Waals surface area contributed by atoms with E-state index in [2.05, 4.69) is 10.5 Å². The number of rotatable bonds is 6. The van der Waals surface area contributed by atoms with E-state index < -0.39 is 5.91 Å². The average Bonchev–Trinajstić information content (AvgIpc) is 3.18. The molecular weight excluding hydrogens is 355 g/mol. The van der Waals surface area contributed by atoms with Gasteiger partial charge >= 0.3 is 0 Å². The maximum absolute atomic E-state index is 13.0. The summed E-state index contributed by atoms with van der Waals surface area (Å²) in [5, 5.41) is 6.46. The molecule has 8 heteroatoms. The molecule has 0 aliphatic heterocycles. The van der Waals surface area contributed by atoms with Crippen LogP contribution in [0.25, 0.3) is 11.3 Å². The Hall–Kier alpha value is -3.55. The van der Waals surface area contributed by atoms with E-state index in [0.717, 1.165) is 0 Å². The molecule has 0 atom stereocenters. The second-order valence-electron chi connectivity index (χ2n) is 5.45. The van der Waals surface area contributed by atoms with Gasteiger partial charge in [-0.2, -0.15) is 0 Å². The molecule has 0 spiro atoms. The normalized spacial score (nSPS) is 10.4. The summed E-state index contributed by atoms with van der Waals surface area (Å²) in [6.45, 7) is 0. The van der Waals surface area contributed by atoms with Gasteiger partial charge in [-0.25, -0.2) is 4.39 Å². The van der Waals surface area contributed by atoms with Crippen LogP contribution in [0.1, 0.15) is 10.5 Å². The number of aromatic nitrogens is 1. The molecule has 0 fully saturated rings. The van der Waals surface area contributed by atoms with Gasteiger partial charge in [0.15, 0.2) is 23.0 Å². The summed E-state index contributed by atoms with van der Waals surface area (Å²) in [4.78, 5) is 12.5. The monoisotopic (exact) mass is 372 g/mol. The standard InChI is InChI=1S/C19H17FN2O5/c1-24-16-8-13(9-17(25-2)18(16)26-3)21-19(23)14-10-15(27-22-14)11-4-6-12(20)7-5-11/h4-10H,1-3H3,(H,21,23). The first-order chi connectivity index (χ1) is 13.0. The Labute approximate surface area is 154 Å². The highest BCUT2D eigenvalue weighted by Gasteiger charge is 2.17. The summed E-state index contributed by atoms with van der Waals surface area (Å²) in [5.74, 6) is 0.724. The molecule has 7 nitrogen and oxygen atoms in total. The van der Waals surface area contributed by atoms with Crippen LogP contribution in [0.2, 0.25) is 0 Å². The summed E-state index contributed by atoms with van der Waals surface area (Å²) < 4.78 is 34.0. The van der Waals surface area contributed by atoms with E-state index in [1.54, 1.807) is 12.1 Å². The number of hydrogen-bond acceptors (Lipinski definition) is 6. The Morgan fingerprint density at radius 3 is 2.19 bits per heavy atom. The van der Waals surface area contributed by atoms with E-state index in [1.807, 2.05) is 0 Å². The van der Waals surface area contributed by atoms with Gasteiger partial charge in [-0.1, -0.05) is 5.16 Å². The minimum atomic E-state index is -0.485. The summed E-state index contributed by atoms with van der Waals surface area (Å²) in [7, 11) is 4.45. The molecule has 1 heterocycles. The van der Waals surface area contributed by atoms with Crippen molar-refractivity contribution in [3.05, 3.63) is 54.0 Å². The Bertz CT molecular complexity index is 928. The number of carbonyl (C=O) groups is 1. The second-order valence-corrected chi connectivity index (χ2v) is 5.45. The average molecular weight is 372 g/mol. The van der Waals surface area contributed by atoms with Crippen LogP contribution in [0.15, 0.2) is 47.0 Å². The first kappa shape index (κ1) is 18.2. The fourth-order valence-electron chi connectivity index (χ4n) is 2.48. The number of carbonyl (C=O) groups excluding carboxylic acids is 1. The molecule has 0 saturated carbocycles. The van der Waals surface area contributed by atoms with Crippen LogP contribution >= 0.6 is 0 Å². The lowest BCUT2D eigenvalue weighted by Crippen LogP contribution is -2.12. The van der Waals surface area contributed by atoms with Gasteiger partial charge in [0.05, 0.1) is 21.3 Å². The number of halogens is 1. The zero-order valence-electron chi connectivity index (χ0n) is 14.9. The molecule has 3 aromatic rings. The Morgan fingerprint density at radius 2 is 1.63 bits per heavy atom. The zero-order valence-corrected chi connectivity index (χ0v) is 14.9. The maximum Gasteiger partial charge on any atom is 0.277 e. The topological polar surface area (TPSA) is 82.8 Å². The molecule has 0 aliphatic carbocycles. The first-order valence-corrected chi connectivity index (χ1v) is 7.89. The van der Waals surface area contributed by atoms with Gasteiger partial charge in [0.25, 0.3) is 5.91 Å². The summed E-state index contributed by atoms with van der Waals surface area (Å²) in [6.07, 6.45) is 0. The molecule has 0 saturated heterocycles. The third kappa shape index (κ3) is 3.84. The van der Waals surface area contributed by atoms with Crippen LogP contribution < -0.4 is 19.5 Å². The molecule has 0 aliphatic rings. The fraction of sp³-hybridized carbons (Fsp3) is 0.158. The van der Waals surface area contributed by atoms with Crippen LogP contribution in [0.5, 0.6) is 17.2 Å². The molecule has 0 bridgehead atoms. The molecular formula is C19H17FN2O5. The first-order valence-electron chi connectivity index (χ1n) is 7.89. The van der Waals surface area contributed by atoms with Gasteiger partial charge in [-0.05, 0) is 24.3 Å². The third-order valence-corrected chi connectivity index (χ3v) is 3.79. The molecule has 1 amide bonds. The maximum atomic E-state index is 13.0. The van der Waals surface area contributed by atoms with Crippen LogP contribution in [0, 0.1) is 5.82 Å². The number of nitrogens with one attached hydrogen (secondary N) is 1. The van der Waals surface area contributed by atoms with E-state index in [4.69, 9.17) is 18.7 Å². The number of anilines is 1. The lowest BCUT2D eigenvalue weighted by atomic mass is 10.1. The fourth-order valence-corrected chi connectivity index (χ4v) is 2.48. The Balaban J connectivity index is 1.82. The predicted molar refractivity (Wildman–Crippen MR) is 95.9 cm³/mol. The number of benzene rings is 2. The van der Waals surface area contributed by atoms with Crippen molar-refractivity contribution in [3.63, 3.8) is 0 Å². The van der Waals surface area contributed by atoms with Gasteiger partial charge in [-0.15, -0.1) is 0 Å². The number of amides is 1. The Kier molecular flexibility index (Phi) is 5.25. The highest BCUT2D eigenvalue weighted by Crippen LogP contribution is 2.40. The lowest BCUT2D eigenvalue weighted by Gasteiger charge is -2.14. The van der Waals surface area contributed by atoms with Gasteiger partial charge in [-0.3, -0.25) is 4.79 Å². The van der Waals surface area contributed by atoms with E-state index in [1.165, 1.54) is 51.7 Å². The highest BCUT2D eigenvalue weighted by molar-refractivity contribution is 6.03. The van der Waals surface area contributed by atoms with Crippen LogP contribution in [0.4, 0.5) is 10.1 Å². The number of methoxy groups -OCH3 is 3. The third-order valence-electron chi connectivity index (χ3n) is 3.79. The molecule has 0 unspecified atom stereocenters. The quantitative estimate of drug-likeness (QED) is 0.709. The molecule has 3 rings (SSSR count). The summed E-state index contributed by atoms with van der Waals surface area (Å²) in [5.41, 5.74) is 1.11. The predicted octanol–water partition coefficient (Wildman–Crippen LogP) is 3.76. The number of ether oxygens (including phenoxy) is 3. The summed E-state index contributed by atoms with van der Waals surface area (Å²) in [6, 6.07) is 10.3. The van der Waals surface area contributed by atoms with Crippen molar-refractivity contribution in [2.24, 2.45) is 0 Å². The van der Waals surface area contributed by atoms with E-state index in [9.17, 15) is 9.18 Å². The Morgan fingerprint density at radius 1 is 1.00 bits per heavy atom. The highest BCUT2D eigenvalue weighted by atomic mass is 19.1. The van der Waals surface area contributed by atoms with Gasteiger partial charge in [0, 0.05) is 29.4 Å². The van der Waals surface area contributed by atoms with E-state index in [0.29, 0.717) is 34.3 Å². The second kappa shape index (κ2) is 7.77. The summed E-state index contributed by atoms with van der Waals surface area (Å²) >= 11 is 0. The molecule has 1 N–H and O–H groups in total. The minimum Gasteiger partial charge on any atom is -0.493 e. The molecule has 0 radical (unpaired) electrons. The van der Waals surface area contributed by atoms with Crippen molar-refractivity contribution < 1.29 is 27.9 Å².